The van der Waals surface area contributed by atoms with Gasteiger partial charge in [-0.1, -0.05) is 70.9 Å². The van der Waals surface area contributed by atoms with Crippen molar-refractivity contribution in [1.82, 2.24) is 0 Å². The van der Waals surface area contributed by atoms with Gasteiger partial charge in [0, 0.05) is 6.04 Å². The molecule has 0 aromatic rings. The second-order valence-electron chi connectivity index (χ2n) is 4.44. The van der Waals surface area contributed by atoms with E-state index in [0.717, 1.165) is 6.42 Å². The lowest BCUT2D eigenvalue weighted by Crippen LogP contribution is -2.16. The molecule has 0 bridgehead atoms. The van der Waals surface area contributed by atoms with Gasteiger partial charge in [-0.2, -0.15) is 0 Å². The zero-order chi connectivity index (χ0) is 11.4. The topological polar surface area (TPSA) is 26.0 Å². The van der Waals surface area contributed by atoms with Crippen molar-refractivity contribution in [3.05, 3.63) is 12.2 Å². The number of allylic oxidation sites excluding steroid dienone is 1. The van der Waals surface area contributed by atoms with Crippen LogP contribution in [-0.2, 0) is 0 Å². The molecular weight excluding hydrogens is 182 g/mol. The van der Waals surface area contributed by atoms with Crippen LogP contribution in [0.3, 0.4) is 0 Å². The first-order valence-electron chi connectivity index (χ1n) is 6.73. The normalized spacial score (nSPS) is 13.5. The van der Waals surface area contributed by atoms with E-state index in [1.165, 1.54) is 51.4 Å². The highest BCUT2D eigenvalue weighted by molar-refractivity contribution is 4.90. The first-order valence-corrected chi connectivity index (χ1v) is 6.73. The average molecular weight is 211 g/mol. The summed E-state index contributed by atoms with van der Waals surface area (Å²) in [6.45, 7) is 4.48. The van der Waals surface area contributed by atoms with Crippen molar-refractivity contribution in [3.63, 3.8) is 0 Å². The Labute approximate surface area is 96.1 Å². The van der Waals surface area contributed by atoms with Crippen LogP contribution in [0.25, 0.3) is 0 Å². The third kappa shape index (κ3) is 11.6. The van der Waals surface area contributed by atoms with E-state index in [-0.39, 0.29) is 0 Å². The van der Waals surface area contributed by atoms with Gasteiger partial charge in [0.05, 0.1) is 0 Å². The summed E-state index contributed by atoms with van der Waals surface area (Å²) in [5, 5.41) is 0. The molecule has 0 aliphatic heterocycles. The van der Waals surface area contributed by atoms with Crippen LogP contribution in [0.4, 0.5) is 0 Å². The van der Waals surface area contributed by atoms with Crippen LogP contribution in [0.15, 0.2) is 12.2 Å². The van der Waals surface area contributed by atoms with Crippen molar-refractivity contribution in [2.75, 3.05) is 0 Å². The highest BCUT2D eigenvalue weighted by atomic mass is 14.6. The Morgan fingerprint density at radius 2 is 1.60 bits per heavy atom. The van der Waals surface area contributed by atoms with Crippen LogP contribution in [0.5, 0.6) is 0 Å². The zero-order valence-corrected chi connectivity index (χ0v) is 10.7. The molecule has 0 aliphatic carbocycles. The monoisotopic (exact) mass is 211 g/mol. The Morgan fingerprint density at radius 3 is 2.27 bits per heavy atom. The van der Waals surface area contributed by atoms with Gasteiger partial charge >= 0.3 is 0 Å². The smallest absolute Gasteiger partial charge is 0.0223 e. The Balaban J connectivity index is 3.24. The number of hydrogen-bond donors (Lipinski definition) is 1. The first-order chi connectivity index (χ1) is 7.31. The van der Waals surface area contributed by atoms with Crippen LogP contribution < -0.4 is 5.73 Å². The third-order valence-electron chi connectivity index (χ3n) is 2.75. The molecule has 2 N–H and O–H groups in total. The average Bonchev–Trinajstić information content (AvgIpc) is 2.24. The molecule has 0 saturated carbocycles. The fraction of sp³-hybridized carbons (Fsp3) is 0.857. The Kier molecular flexibility index (Phi) is 11.5. The van der Waals surface area contributed by atoms with E-state index in [2.05, 4.69) is 26.0 Å². The largest absolute Gasteiger partial charge is 0.324 e. The quantitative estimate of drug-likeness (QED) is 0.420. The summed E-state index contributed by atoms with van der Waals surface area (Å²) in [4.78, 5) is 0. The molecule has 0 radical (unpaired) electrons. The van der Waals surface area contributed by atoms with Gasteiger partial charge in [-0.05, 0) is 12.8 Å². The minimum absolute atomic E-state index is 0.295. The Morgan fingerprint density at radius 1 is 0.933 bits per heavy atom. The van der Waals surface area contributed by atoms with Crippen LogP contribution in [-0.4, -0.2) is 6.04 Å². The summed E-state index contributed by atoms with van der Waals surface area (Å²) in [6, 6.07) is 0.295. The molecule has 0 spiro atoms. The molecular formula is C14H29N. The molecule has 0 aliphatic rings. The number of unbranched alkanes of at least 4 members (excludes halogenated alkanes) is 6. The molecule has 0 rings (SSSR count). The van der Waals surface area contributed by atoms with Crippen LogP contribution in [0.2, 0.25) is 0 Å². The molecule has 1 atom stereocenters. The molecule has 0 amide bonds. The molecule has 1 nitrogen and oxygen atoms in total. The second kappa shape index (κ2) is 11.8. The van der Waals surface area contributed by atoms with Crippen molar-refractivity contribution >= 4 is 0 Å². The fourth-order valence-electron chi connectivity index (χ4n) is 1.67. The lowest BCUT2D eigenvalue weighted by atomic mass is 10.1. The van der Waals surface area contributed by atoms with Gasteiger partial charge in [-0.3, -0.25) is 0 Å². The van der Waals surface area contributed by atoms with Crippen molar-refractivity contribution in [2.45, 2.75) is 77.7 Å². The summed E-state index contributed by atoms with van der Waals surface area (Å²) in [5.41, 5.74) is 5.98. The van der Waals surface area contributed by atoms with Crippen LogP contribution >= 0.6 is 0 Å². The van der Waals surface area contributed by atoms with Gasteiger partial charge in [0.25, 0.3) is 0 Å². The maximum Gasteiger partial charge on any atom is 0.0223 e. The summed E-state index contributed by atoms with van der Waals surface area (Å²) in [5.74, 6) is 0. The number of nitrogens with two attached hydrogens (primary N) is 1. The second-order valence-corrected chi connectivity index (χ2v) is 4.44. The van der Waals surface area contributed by atoms with Gasteiger partial charge < -0.3 is 5.73 Å². The summed E-state index contributed by atoms with van der Waals surface area (Å²) >= 11 is 0. The predicted octanol–water partition coefficient (Wildman–Crippen LogP) is 4.42. The van der Waals surface area contributed by atoms with Gasteiger partial charge in [-0.25, -0.2) is 0 Å². The van der Waals surface area contributed by atoms with Crippen molar-refractivity contribution in [2.24, 2.45) is 5.73 Å². The van der Waals surface area contributed by atoms with E-state index in [0.29, 0.717) is 6.04 Å². The van der Waals surface area contributed by atoms with E-state index in [1.54, 1.807) is 0 Å². The molecule has 0 aromatic carbocycles. The maximum atomic E-state index is 5.98. The van der Waals surface area contributed by atoms with Gasteiger partial charge in [0.15, 0.2) is 0 Å². The number of hydrogen-bond acceptors (Lipinski definition) is 1. The summed E-state index contributed by atoms with van der Waals surface area (Å²) in [7, 11) is 0. The SMILES string of the molecule is CCCCC=CC(N)CCCCCCC. The first kappa shape index (κ1) is 14.7. The molecule has 90 valence electrons. The molecule has 0 aromatic heterocycles. The maximum absolute atomic E-state index is 5.98. The lowest BCUT2D eigenvalue weighted by Gasteiger charge is -2.05. The van der Waals surface area contributed by atoms with Crippen molar-refractivity contribution in [1.29, 1.82) is 0 Å². The highest BCUT2D eigenvalue weighted by Crippen LogP contribution is 2.07. The summed E-state index contributed by atoms with van der Waals surface area (Å²) < 4.78 is 0. The molecule has 0 heterocycles. The molecule has 1 unspecified atom stereocenters. The predicted molar refractivity (Wildman–Crippen MR) is 70.0 cm³/mol. The molecule has 0 fully saturated rings. The van der Waals surface area contributed by atoms with Crippen molar-refractivity contribution in [3.8, 4) is 0 Å². The lowest BCUT2D eigenvalue weighted by molar-refractivity contribution is 0.582. The minimum atomic E-state index is 0.295. The minimum Gasteiger partial charge on any atom is -0.324 e. The standard InChI is InChI=1S/C14H29N/c1-3-5-7-9-11-13-14(15)12-10-8-6-4-2/h10,12,14H,3-9,11,13,15H2,1-2H3. The third-order valence-corrected chi connectivity index (χ3v) is 2.75. The Bertz CT molecular complexity index is 140. The van der Waals surface area contributed by atoms with E-state index in [1.807, 2.05) is 0 Å². The van der Waals surface area contributed by atoms with E-state index < -0.39 is 0 Å². The molecule has 0 saturated heterocycles. The van der Waals surface area contributed by atoms with E-state index in [4.69, 9.17) is 5.73 Å². The van der Waals surface area contributed by atoms with Gasteiger partial charge in [0.2, 0.25) is 0 Å². The van der Waals surface area contributed by atoms with Crippen LogP contribution in [0.1, 0.15) is 71.6 Å². The zero-order valence-electron chi connectivity index (χ0n) is 10.7. The highest BCUT2D eigenvalue weighted by Gasteiger charge is 1.96. The molecule has 15 heavy (non-hydrogen) atoms. The Hall–Kier alpha value is -0.300. The van der Waals surface area contributed by atoms with E-state index in [9.17, 15) is 0 Å². The van der Waals surface area contributed by atoms with E-state index >= 15 is 0 Å². The van der Waals surface area contributed by atoms with Crippen LogP contribution in [0, 0.1) is 0 Å². The van der Waals surface area contributed by atoms with Gasteiger partial charge in [0.1, 0.15) is 0 Å². The number of rotatable bonds is 10. The van der Waals surface area contributed by atoms with Gasteiger partial charge in [-0.15, -0.1) is 0 Å². The van der Waals surface area contributed by atoms with Crippen molar-refractivity contribution < 1.29 is 0 Å². The summed E-state index contributed by atoms with van der Waals surface area (Å²) in [6.07, 6.45) is 16.1. The fourth-order valence-corrected chi connectivity index (χ4v) is 1.67. The molecule has 1 heteroatoms.